The van der Waals surface area contributed by atoms with Crippen molar-refractivity contribution >= 4 is 11.8 Å². The Balaban J connectivity index is 2.25. The van der Waals surface area contributed by atoms with Crippen LogP contribution in [0, 0.1) is 6.92 Å². The summed E-state index contributed by atoms with van der Waals surface area (Å²) in [6.45, 7) is 7.26. The molecule has 0 radical (unpaired) electrons. The van der Waals surface area contributed by atoms with Crippen LogP contribution in [-0.4, -0.2) is 17.3 Å². The van der Waals surface area contributed by atoms with Crippen LogP contribution in [0.1, 0.15) is 36.7 Å². The van der Waals surface area contributed by atoms with E-state index in [0.29, 0.717) is 0 Å². The van der Waals surface area contributed by atoms with Crippen LogP contribution in [0.15, 0.2) is 47.5 Å². The Bertz CT molecular complexity index is 520. The lowest BCUT2D eigenvalue weighted by molar-refractivity contribution is 0.628. The molecule has 0 amide bonds. The SMILES string of the molecule is CCNC(c1ccc(SCC)cc1)c1ccc(C)nc1. The summed E-state index contributed by atoms with van der Waals surface area (Å²) in [5.74, 6) is 1.11. The number of rotatable bonds is 6. The van der Waals surface area contributed by atoms with E-state index in [1.165, 1.54) is 16.0 Å². The van der Waals surface area contributed by atoms with Crippen molar-refractivity contribution in [2.45, 2.75) is 31.7 Å². The highest BCUT2D eigenvalue weighted by molar-refractivity contribution is 7.99. The first kappa shape index (κ1) is 15.1. The maximum Gasteiger partial charge on any atom is 0.0591 e. The smallest absolute Gasteiger partial charge is 0.0591 e. The first-order valence-corrected chi connectivity index (χ1v) is 8.11. The summed E-state index contributed by atoms with van der Waals surface area (Å²) in [5.41, 5.74) is 3.56. The maximum atomic E-state index is 4.41. The van der Waals surface area contributed by atoms with Crippen LogP contribution < -0.4 is 5.32 Å². The number of pyridine rings is 1. The van der Waals surface area contributed by atoms with Crippen LogP contribution in [-0.2, 0) is 0 Å². The van der Waals surface area contributed by atoms with Gasteiger partial charge in [-0.1, -0.05) is 32.0 Å². The molecule has 2 rings (SSSR count). The molecule has 1 N–H and O–H groups in total. The van der Waals surface area contributed by atoms with E-state index in [0.717, 1.165) is 18.0 Å². The van der Waals surface area contributed by atoms with Crippen molar-refractivity contribution in [3.8, 4) is 0 Å². The third-order valence-electron chi connectivity index (χ3n) is 3.20. The molecular formula is C17H22N2S. The summed E-state index contributed by atoms with van der Waals surface area (Å²) in [6, 6.07) is 13.3. The van der Waals surface area contributed by atoms with Crippen molar-refractivity contribution in [3.63, 3.8) is 0 Å². The van der Waals surface area contributed by atoms with Crippen molar-refractivity contribution in [3.05, 3.63) is 59.4 Å². The summed E-state index contributed by atoms with van der Waals surface area (Å²) >= 11 is 1.87. The molecule has 1 aromatic heterocycles. The molecule has 0 saturated heterocycles. The summed E-state index contributed by atoms with van der Waals surface area (Å²) < 4.78 is 0. The van der Waals surface area contributed by atoms with Gasteiger partial charge in [0.05, 0.1) is 6.04 Å². The number of nitrogens with one attached hydrogen (secondary N) is 1. The van der Waals surface area contributed by atoms with Gasteiger partial charge < -0.3 is 5.32 Å². The van der Waals surface area contributed by atoms with E-state index < -0.39 is 0 Å². The van der Waals surface area contributed by atoms with Crippen LogP contribution >= 0.6 is 11.8 Å². The molecule has 0 aliphatic rings. The van der Waals surface area contributed by atoms with Crippen molar-refractivity contribution in [2.24, 2.45) is 0 Å². The van der Waals surface area contributed by atoms with Crippen LogP contribution in [0.5, 0.6) is 0 Å². The minimum Gasteiger partial charge on any atom is -0.306 e. The Morgan fingerprint density at radius 3 is 2.30 bits per heavy atom. The number of nitrogens with zero attached hydrogens (tertiary/aromatic N) is 1. The van der Waals surface area contributed by atoms with Crippen LogP contribution in [0.2, 0.25) is 0 Å². The van der Waals surface area contributed by atoms with Crippen LogP contribution in [0.3, 0.4) is 0 Å². The molecule has 106 valence electrons. The van der Waals surface area contributed by atoms with Gasteiger partial charge in [-0.3, -0.25) is 4.98 Å². The predicted molar refractivity (Wildman–Crippen MR) is 87.3 cm³/mol. The highest BCUT2D eigenvalue weighted by atomic mass is 32.2. The van der Waals surface area contributed by atoms with Crippen molar-refractivity contribution in [1.82, 2.24) is 10.3 Å². The number of thioether (sulfide) groups is 1. The number of aryl methyl sites for hydroxylation is 1. The fourth-order valence-electron chi connectivity index (χ4n) is 2.21. The molecule has 20 heavy (non-hydrogen) atoms. The molecule has 1 unspecified atom stereocenters. The zero-order valence-electron chi connectivity index (χ0n) is 12.4. The van der Waals surface area contributed by atoms with Crippen LogP contribution in [0.25, 0.3) is 0 Å². The second-order valence-electron chi connectivity index (χ2n) is 4.73. The Kier molecular flexibility index (Phi) is 5.62. The lowest BCUT2D eigenvalue weighted by atomic mass is 10.00. The van der Waals surface area contributed by atoms with Gasteiger partial charge in [-0.25, -0.2) is 0 Å². The summed E-state index contributed by atoms with van der Waals surface area (Å²) in [5, 5.41) is 3.54. The number of aromatic nitrogens is 1. The standard InChI is InChI=1S/C17H22N2S/c1-4-18-17(15-7-6-13(3)19-12-15)14-8-10-16(11-9-14)20-5-2/h6-12,17-18H,4-5H2,1-3H3. The van der Waals surface area contributed by atoms with Crippen LogP contribution in [0.4, 0.5) is 0 Å². The van der Waals surface area contributed by atoms with Crippen molar-refractivity contribution < 1.29 is 0 Å². The lowest BCUT2D eigenvalue weighted by Crippen LogP contribution is -2.22. The fourth-order valence-corrected chi connectivity index (χ4v) is 2.87. The van der Waals surface area contributed by atoms with Gasteiger partial charge in [-0.05, 0) is 48.5 Å². The molecule has 1 aromatic carbocycles. The third-order valence-corrected chi connectivity index (χ3v) is 4.09. The second-order valence-corrected chi connectivity index (χ2v) is 6.06. The highest BCUT2D eigenvalue weighted by Crippen LogP contribution is 2.25. The summed E-state index contributed by atoms with van der Waals surface area (Å²) in [4.78, 5) is 5.74. The highest BCUT2D eigenvalue weighted by Gasteiger charge is 2.13. The van der Waals surface area contributed by atoms with Crippen molar-refractivity contribution in [1.29, 1.82) is 0 Å². The zero-order valence-corrected chi connectivity index (χ0v) is 13.2. The first-order valence-electron chi connectivity index (χ1n) is 7.13. The molecular weight excluding hydrogens is 264 g/mol. The molecule has 1 atom stereocenters. The van der Waals surface area contributed by atoms with Gasteiger partial charge in [0.15, 0.2) is 0 Å². The maximum absolute atomic E-state index is 4.41. The van der Waals surface area contributed by atoms with Gasteiger partial charge in [0.1, 0.15) is 0 Å². The first-order chi connectivity index (χ1) is 9.74. The quantitative estimate of drug-likeness (QED) is 0.806. The third kappa shape index (κ3) is 3.84. The van der Waals surface area contributed by atoms with Gasteiger partial charge in [0.2, 0.25) is 0 Å². The normalized spacial score (nSPS) is 12.3. The van der Waals surface area contributed by atoms with Gasteiger partial charge in [0.25, 0.3) is 0 Å². The van der Waals surface area contributed by atoms with E-state index in [2.05, 4.69) is 60.5 Å². The van der Waals surface area contributed by atoms with E-state index >= 15 is 0 Å². The molecule has 0 aliphatic carbocycles. The predicted octanol–water partition coefficient (Wildman–Crippen LogP) is 4.20. The van der Waals surface area contributed by atoms with Gasteiger partial charge in [0, 0.05) is 16.8 Å². The molecule has 0 aliphatic heterocycles. The largest absolute Gasteiger partial charge is 0.306 e. The van der Waals surface area contributed by atoms with Crippen molar-refractivity contribution in [2.75, 3.05) is 12.3 Å². The molecule has 2 nitrogen and oxygen atoms in total. The van der Waals surface area contributed by atoms with E-state index in [-0.39, 0.29) is 6.04 Å². The van der Waals surface area contributed by atoms with E-state index in [4.69, 9.17) is 0 Å². The second kappa shape index (κ2) is 7.46. The molecule has 2 aromatic rings. The molecule has 0 saturated carbocycles. The molecule has 0 bridgehead atoms. The van der Waals surface area contributed by atoms with E-state index in [1.54, 1.807) is 0 Å². The number of hydrogen-bond acceptors (Lipinski definition) is 3. The summed E-state index contributed by atoms with van der Waals surface area (Å²) in [7, 11) is 0. The van der Waals surface area contributed by atoms with E-state index in [1.807, 2.05) is 24.9 Å². The topological polar surface area (TPSA) is 24.9 Å². The average Bonchev–Trinajstić information content (AvgIpc) is 2.47. The number of benzene rings is 1. The Labute approximate surface area is 126 Å². The molecule has 0 spiro atoms. The van der Waals surface area contributed by atoms with Gasteiger partial charge >= 0.3 is 0 Å². The lowest BCUT2D eigenvalue weighted by Gasteiger charge is -2.19. The monoisotopic (exact) mass is 286 g/mol. The summed E-state index contributed by atoms with van der Waals surface area (Å²) in [6.07, 6.45) is 1.97. The van der Waals surface area contributed by atoms with Gasteiger partial charge in [-0.15, -0.1) is 11.8 Å². The minimum absolute atomic E-state index is 0.216. The molecule has 0 fully saturated rings. The zero-order chi connectivity index (χ0) is 14.4. The average molecular weight is 286 g/mol. The molecule has 1 heterocycles. The minimum atomic E-state index is 0.216. The number of hydrogen-bond donors (Lipinski definition) is 1. The van der Waals surface area contributed by atoms with Gasteiger partial charge in [-0.2, -0.15) is 0 Å². The Morgan fingerprint density at radius 2 is 1.75 bits per heavy atom. The van der Waals surface area contributed by atoms with E-state index in [9.17, 15) is 0 Å². The fraction of sp³-hybridized carbons (Fsp3) is 0.353. The Hall–Kier alpha value is -1.32. The Morgan fingerprint density at radius 1 is 1.05 bits per heavy atom. The molecule has 3 heteroatoms.